The van der Waals surface area contributed by atoms with Gasteiger partial charge in [-0.3, -0.25) is 4.79 Å². The highest BCUT2D eigenvalue weighted by molar-refractivity contribution is 6.32. The molecule has 7 nitrogen and oxygen atoms in total. The first kappa shape index (κ1) is 21.6. The Morgan fingerprint density at radius 2 is 1.90 bits per heavy atom. The zero-order valence-corrected chi connectivity index (χ0v) is 18.3. The average Bonchev–Trinajstić information content (AvgIpc) is 2.89. The Kier molecular flexibility index (Phi) is 6.22. The SMILES string of the molecule is CCOC(=O)OC1=C(c2c(C)ccc(Cl)c2C)C(=O)N(C)C12CCN(OC)CC2. The number of nitrogens with zero attached hydrogens (tertiary/aromatic N) is 2. The highest BCUT2D eigenvalue weighted by atomic mass is 35.5. The molecule has 0 aliphatic carbocycles. The van der Waals surface area contributed by atoms with Gasteiger partial charge in [-0.15, -0.1) is 0 Å². The summed E-state index contributed by atoms with van der Waals surface area (Å²) in [5.74, 6) is 0.149. The van der Waals surface area contributed by atoms with E-state index in [0.717, 1.165) is 11.1 Å². The summed E-state index contributed by atoms with van der Waals surface area (Å²) in [7, 11) is 3.37. The van der Waals surface area contributed by atoms with Gasteiger partial charge in [-0.2, -0.15) is 5.06 Å². The van der Waals surface area contributed by atoms with Gasteiger partial charge in [0.05, 0.1) is 19.3 Å². The monoisotopic (exact) mass is 422 g/mol. The van der Waals surface area contributed by atoms with Gasteiger partial charge in [0.2, 0.25) is 0 Å². The third kappa shape index (κ3) is 3.63. The molecule has 8 heteroatoms. The first-order chi connectivity index (χ1) is 13.8. The van der Waals surface area contributed by atoms with Crippen LogP contribution in [0.15, 0.2) is 17.9 Å². The molecular weight excluding hydrogens is 396 g/mol. The molecule has 0 N–H and O–H groups in total. The van der Waals surface area contributed by atoms with Gasteiger partial charge in [-0.05, 0) is 56.4 Å². The van der Waals surface area contributed by atoms with E-state index in [4.69, 9.17) is 25.9 Å². The first-order valence-corrected chi connectivity index (χ1v) is 10.1. The molecule has 1 fully saturated rings. The van der Waals surface area contributed by atoms with Crippen molar-refractivity contribution in [3.8, 4) is 0 Å². The Hall–Kier alpha value is -2.09. The summed E-state index contributed by atoms with van der Waals surface area (Å²) in [6.45, 7) is 6.88. The number of ether oxygens (including phenoxy) is 2. The van der Waals surface area contributed by atoms with E-state index in [1.54, 1.807) is 32.0 Å². The Morgan fingerprint density at radius 3 is 2.48 bits per heavy atom. The molecule has 0 saturated carbocycles. The summed E-state index contributed by atoms with van der Waals surface area (Å²) in [6.07, 6.45) is 0.328. The van der Waals surface area contributed by atoms with Gasteiger partial charge in [0, 0.05) is 25.2 Å². The van der Waals surface area contributed by atoms with Crippen LogP contribution < -0.4 is 0 Å². The molecular formula is C21H27ClN2O5. The van der Waals surface area contributed by atoms with Crippen LogP contribution in [-0.4, -0.2) is 61.4 Å². The van der Waals surface area contributed by atoms with E-state index in [-0.39, 0.29) is 12.5 Å². The van der Waals surface area contributed by atoms with Gasteiger partial charge in [-0.25, -0.2) is 4.79 Å². The van der Waals surface area contributed by atoms with Gasteiger partial charge in [0.25, 0.3) is 5.91 Å². The Morgan fingerprint density at radius 1 is 1.24 bits per heavy atom. The summed E-state index contributed by atoms with van der Waals surface area (Å²) >= 11 is 6.36. The van der Waals surface area contributed by atoms with Crippen LogP contribution in [0.3, 0.4) is 0 Å². The molecule has 2 aliphatic heterocycles. The van der Waals surface area contributed by atoms with Gasteiger partial charge in [0.15, 0.2) is 5.76 Å². The number of carbonyl (C=O) groups excluding carboxylic acids is 2. The summed E-state index contributed by atoms with van der Waals surface area (Å²) in [4.78, 5) is 32.8. The predicted molar refractivity (Wildman–Crippen MR) is 109 cm³/mol. The lowest BCUT2D eigenvalue weighted by Crippen LogP contribution is -2.53. The van der Waals surface area contributed by atoms with Crippen molar-refractivity contribution in [2.75, 3.05) is 33.9 Å². The molecule has 0 radical (unpaired) electrons. The molecule has 3 rings (SSSR count). The maximum atomic E-state index is 13.4. The fourth-order valence-electron chi connectivity index (χ4n) is 4.25. The lowest BCUT2D eigenvalue weighted by molar-refractivity contribution is -0.162. The fourth-order valence-corrected chi connectivity index (χ4v) is 4.41. The smallest absolute Gasteiger partial charge is 0.434 e. The van der Waals surface area contributed by atoms with Crippen molar-refractivity contribution in [1.29, 1.82) is 0 Å². The molecule has 2 aliphatic rings. The maximum absolute atomic E-state index is 13.4. The first-order valence-electron chi connectivity index (χ1n) is 9.69. The van der Waals surface area contributed by atoms with E-state index in [1.807, 2.05) is 25.0 Å². The molecule has 29 heavy (non-hydrogen) atoms. The fraction of sp³-hybridized carbons (Fsp3) is 0.524. The highest BCUT2D eigenvalue weighted by Gasteiger charge is 2.54. The third-order valence-corrected chi connectivity index (χ3v) is 6.33. The number of hydroxylamine groups is 2. The molecule has 1 saturated heterocycles. The zero-order valence-electron chi connectivity index (χ0n) is 17.5. The minimum atomic E-state index is -0.811. The normalized spacial score (nSPS) is 19.2. The van der Waals surface area contributed by atoms with Crippen LogP contribution in [0, 0.1) is 13.8 Å². The van der Waals surface area contributed by atoms with Gasteiger partial charge < -0.3 is 19.2 Å². The summed E-state index contributed by atoms with van der Waals surface area (Å²) < 4.78 is 10.8. The minimum Gasteiger partial charge on any atom is -0.434 e. The van der Waals surface area contributed by atoms with Crippen molar-refractivity contribution in [2.45, 2.75) is 39.2 Å². The molecule has 0 bridgehead atoms. The number of halogens is 1. The van der Waals surface area contributed by atoms with Gasteiger partial charge >= 0.3 is 6.16 Å². The molecule has 1 amide bonds. The van der Waals surface area contributed by atoms with Crippen molar-refractivity contribution in [3.05, 3.63) is 39.6 Å². The van der Waals surface area contributed by atoms with E-state index in [2.05, 4.69) is 0 Å². The maximum Gasteiger partial charge on any atom is 0.513 e. The number of hydrogen-bond acceptors (Lipinski definition) is 6. The zero-order chi connectivity index (χ0) is 21.3. The largest absolute Gasteiger partial charge is 0.513 e. The average molecular weight is 423 g/mol. The number of carbonyl (C=O) groups is 2. The van der Waals surface area contributed by atoms with Crippen molar-refractivity contribution >= 4 is 29.2 Å². The van der Waals surface area contributed by atoms with E-state index < -0.39 is 11.7 Å². The number of aryl methyl sites for hydroxylation is 1. The molecule has 1 aromatic carbocycles. The van der Waals surface area contributed by atoms with E-state index in [9.17, 15) is 9.59 Å². The summed E-state index contributed by atoms with van der Waals surface area (Å²) in [6, 6.07) is 3.67. The van der Waals surface area contributed by atoms with Crippen LogP contribution >= 0.6 is 11.6 Å². The minimum absolute atomic E-state index is 0.185. The summed E-state index contributed by atoms with van der Waals surface area (Å²) in [5.41, 5.74) is 2.01. The van der Waals surface area contributed by atoms with Crippen molar-refractivity contribution in [2.24, 2.45) is 0 Å². The number of rotatable bonds is 4. The van der Waals surface area contributed by atoms with Crippen molar-refractivity contribution in [3.63, 3.8) is 0 Å². The number of benzene rings is 1. The number of amides is 1. The molecule has 0 aromatic heterocycles. The molecule has 0 unspecified atom stereocenters. The van der Waals surface area contributed by atoms with Crippen LogP contribution in [0.4, 0.5) is 4.79 Å². The second-order valence-corrected chi connectivity index (χ2v) is 7.77. The number of piperidine rings is 1. The second kappa shape index (κ2) is 8.34. The topological polar surface area (TPSA) is 68.3 Å². The lowest BCUT2D eigenvalue weighted by atomic mass is 9.84. The molecule has 158 valence electrons. The van der Waals surface area contributed by atoms with E-state index in [0.29, 0.717) is 47.8 Å². The molecule has 0 atom stereocenters. The number of hydrogen-bond donors (Lipinski definition) is 0. The quantitative estimate of drug-likeness (QED) is 0.689. The molecule has 1 spiro atoms. The summed E-state index contributed by atoms with van der Waals surface area (Å²) in [5, 5.41) is 2.39. The highest BCUT2D eigenvalue weighted by Crippen LogP contribution is 2.47. The molecule has 2 heterocycles. The van der Waals surface area contributed by atoms with Gasteiger partial charge in [0.1, 0.15) is 5.54 Å². The van der Waals surface area contributed by atoms with Crippen LogP contribution in [-0.2, 0) is 19.1 Å². The second-order valence-electron chi connectivity index (χ2n) is 7.36. The van der Waals surface area contributed by atoms with Crippen LogP contribution in [0.2, 0.25) is 5.02 Å². The van der Waals surface area contributed by atoms with Crippen molar-refractivity contribution in [1.82, 2.24) is 9.96 Å². The van der Waals surface area contributed by atoms with E-state index >= 15 is 0 Å². The van der Waals surface area contributed by atoms with Crippen LogP contribution in [0.25, 0.3) is 5.57 Å². The Labute approximate surface area is 176 Å². The van der Waals surface area contributed by atoms with Crippen molar-refractivity contribution < 1.29 is 23.9 Å². The molecule has 1 aromatic rings. The van der Waals surface area contributed by atoms with Crippen LogP contribution in [0.1, 0.15) is 36.5 Å². The predicted octanol–water partition coefficient (Wildman–Crippen LogP) is 3.71. The Balaban J connectivity index is 2.20. The van der Waals surface area contributed by atoms with E-state index in [1.165, 1.54) is 0 Å². The lowest BCUT2D eigenvalue weighted by Gasteiger charge is -2.43. The standard InChI is InChI=1S/C21H27ClN2O5/c1-6-28-20(26)29-18-17(16-13(2)7-8-15(22)14(16)3)19(25)23(4)21(18)9-11-24(27-5)12-10-21/h7-8H,6,9-12H2,1-5H3. The Bertz CT molecular complexity index is 859. The third-order valence-electron chi connectivity index (χ3n) is 5.92. The number of likely N-dealkylation sites (N-methyl/N-ethyl adjacent to an activating group) is 1. The van der Waals surface area contributed by atoms with Gasteiger partial charge in [-0.1, -0.05) is 17.7 Å². The van der Waals surface area contributed by atoms with Crippen LogP contribution in [0.5, 0.6) is 0 Å².